The summed E-state index contributed by atoms with van der Waals surface area (Å²) in [5, 5.41) is 20.9. The molecule has 0 fully saturated rings. The van der Waals surface area contributed by atoms with Crippen LogP contribution in [0.1, 0.15) is 0 Å². The summed E-state index contributed by atoms with van der Waals surface area (Å²) in [7, 11) is 0. The molecule has 0 amide bonds. The molecule has 3 rings (SSSR count). The van der Waals surface area contributed by atoms with E-state index in [1.807, 2.05) is 6.07 Å². The highest BCUT2D eigenvalue weighted by Gasteiger charge is 2.14. The van der Waals surface area contributed by atoms with E-state index in [1.54, 1.807) is 30.3 Å². The van der Waals surface area contributed by atoms with Crippen LogP contribution in [0.15, 0.2) is 36.4 Å². The molecule has 5 heteroatoms. The van der Waals surface area contributed by atoms with Crippen LogP contribution < -0.4 is 0 Å². The van der Waals surface area contributed by atoms with Crippen molar-refractivity contribution >= 4 is 22.6 Å². The van der Waals surface area contributed by atoms with Gasteiger partial charge >= 0.3 is 0 Å². The Bertz CT molecular complexity index is 693. The lowest BCUT2D eigenvalue weighted by molar-refractivity contribution is 0.477. The van der Waals surface area contributed by atoms with Crippen molar-refractivity contribution in [2.75, 3.05) is 0 Å². The number of hydrogen-bond donors (Lipinski definition) is 2. The van der Waals surface area contributed by atoms with Gasteiger partial charge in [0.25, 0.3) is 0 Å². The highest BCUT2D eigenvalue weighted by molar-refractivity contribution is 6.35. The van der Waals surface area contributed by atoms with Crippen molar-refractivity contribution in [3.8, 4) is 16.9 Å². The number of phenolic OH excluding ortho intramolecular Hbond substituents is 1. The zero-order valence-corrected chi connectivity index (χ0v) is 9.44. The zero-order valence-electron chi connectivity index (χ0n) is 8.68. The van der Waals surface area contributed by atoms with E-state index in [2.05, 4.69) is 15.4 Å². The van der Waals surface area contributed by atoms with Gasteiger partial charge in [-0.3, -0.25) is 5.10 Å². The van der Waals surface area contributed by atoms with Gasteiger partial charge in [-0.15, -0.1) is 5.10 Å². The molecule has 0 aliphatic rings. The van der Waals surface area contributed by atoms with E-state index in [9.17, 15) is 5.11 Å². The van der Waals surface area contributed by atoms with Gasteiger partial charge < -0.3 is 5.11 Å². The number of nitrogens with zero attached hydrogens (tertiary/aromatic N) is 2. The predicted octanol–water partition coefficient (Wildman–Crippen LogP) is 2.98. The highest BCUT2D eigenvalue weighted by Crippen LogP contribution is 2.37. The Labute approximate surface area is 102 Å². The topological polar surface area (TPSA) is 61.8 Å². The van der Waals surface area contributed by atoms with Crippen LogP contribution in [0.3, 0.4) is 0 Å². The molecule has 3 aromatic rings. The molecule has 2 aromatic carbocycles. The van der Waals surface area contributed by atoms with Crippen LogP contribution in [0.25, 0.3) is 22.2 Å². The van der Waals surface area contributed by atoms with Crippen molar-refractivity contribution in [2.45, 2.75) is 0 Å². The van der Waals surface area contributed by atoms with Crippen molar-refractivity contribution in [3.63, 3.8) is 0 Å². The average molecular weight is 246 g/mol. The number of para-hydroxylation sites is 1. The molecule has 1 heterocycles. The molecule has 0 radical (unpaired) electrons. The Morgan fingerprint density at radius 2 is 1.94 bits per heavy atom. The molecule has 2 N–H and O–H groups in total. The van der Waals surface area contributed by atoms with Gasteiger partial charge in [0.15, 0.2) is 0 Å². The number of fused-ring (bicyclic) bond motifs is 1. The van der Waals surface area contributed by atoms with E-state index in [-0.39, 0.29) is 5.75 Å². The SMILES string of the molecule is Oc1ccccc1-c1c(Cl)ccc2[nH]nnc12. The molecule has 0 spiro atoms. The second kappa shape index (κ2) is 3.75. The van der Waals surface area contributed by atoms with Crippen LogP contribution in [-0.4, -0.2) is 20.5 Å². The fourth-order valence-electron chi connectivity index (χ4n) is 1.83. The maximum absolute atomic E-state index is 9.87. The van der Waals surface area contributed by atoms with Gasteiger partial charge in [-0.1, -0.05) is 35.0 Å². The number of aromatic amines is 1. The van der Waals surface area contributed by atoms with Gasteiger partial charge in [0.05, 0.1) is 10.5 Å². The summed E-state index contributed by atoms with van der Waals surface area (Å²) < 4.78 is 0. The second-order valence-electron chi connectivity index (χ2n) is 3.65. The largest absolute Gasteiger partial charge is 0.507 e. The van der Waals surface area contributed by atoms with Crippen molar-refractivity contribution < 1.29 is 5.11 Å². The maximum Gasteiger partial charge on any atom is 0.123 e. The molecule has 0 aliphatic heterocycles. The van der Waals surface area contributed by atoms with Gasteiger partial charge in [0, 0.05) is 11.1 Å². The molecule has 84 valence electrons. The number of hydrogen-bond acceptors (Lipinski definition) is 3. The monoisotopic (exact) mass is 245 g/mol. The lowest BCUT2D eigenvalue weighted by Crippen LogP contribution is -1.83. The number of nitrogens with one attached hydrogen (secondary N) is 1. The normalized spacial score (nSPS) is 10.9. The number of H-pyrrole nitrogens is 1. The third kappa shape index (κ3) is 1.54. The Morgan fingerprint density at radius 3 is 2.76 bits per heavy atom. The Hall–Kier alpha value is -2.07. The van der Waals surface area contributed by atoms with Crippen LogP contribution in [0.2, 0.25) is 5.02 Å². The summed E-state index contributed by atoms with van der Waals surface area (Å²) in [6.45, 7) is 0. The van der Waals surface area contributed by atoms with Crippen molar-refractivity contribution in [1.29, 1.82) is 0 Å². The van der Waals surface area contributed by atoms with Crippen molar-refractivity contribution in [3.05, 3.63) is 41.4 Å². The minimum Gasteiger partial charge on any atom is -0.507 e. The average Bonchev–Trinajstić information content (AvgIpc) is 2.79. The number of halogens is 1. The fraction of sp³-hybridized carbons (Fsp3) is 0. The van der Waals surface area contributed by atoms with Gasteiger partial charge in [-0.25, -0.2) is 0 Å². The first-order chi connectivity index (χ1) is 8.27. The molecular formula is C12H8ClN3O. The number of rotatable bonds is 1. The lowest BCUT2D eigenvalue weighted by atomic mass is 10.0. The first-order valence-electron chi connectivity index (χ1n) is 5.05. The maximum atomic E-state index is 9.87. The Balaban J connectivity index is 2.40. The molecule has 17 heavy (non-hydrogen) atoms. The number of benzene rings is 2. The summed E-state index contributed by atoms with van der Waals surface area (Å²) in [6, 6.07) is 10.6. The van der Waals surface area contributed by atoms with Crippen LogP contribution in [-0.2, 0) is 0 Å². The molecule has 0 unspecified atom stereocenters. The van der Waals surface area contributed by atoms with Gasteiger partial charge in [-0.2, -0.15) is 0 Å². The first kappa shape index (κ1) is 10.1. The summed E-state index contributed by atoms with van der Waals surface area (Å²) >= 11 is 6.17. The molecule has 0 bridgehead atoms. The van der Waals surface area contributed by atoms with Gasteiger partial charge in [0.1, 0.15) is 11.3 Å². The molecule has 1 aromatic heterocycles. The van der Waals surface area contributed by atoms with Gasteiger partial charge in [0.2, 0.25) is 0 Å². The zero-order chi connectivity index (χ0) is 11.8. The summed E-state index contributed by atoms with van der Waals surface area (Å²) in [4.78, 5) is 0. The Morgan fingerprint density at radius 1 is 1.12 bits per heavy atom. The minimum absolute atomic E-state index is 0.171. The van der Waals surface area contributed by atoms with Crippen LogP contribution in [0, 0.1) is 0 Å². The van der Waals surface area contributed by atoms with E-state index in [1.165, 1.54) is 0 Å². The molecule has 0 saturated carbocycles. The smallest absolute Gasteiger partial charge is 0.123 e. The Kier molecular flexibility index (Phi) is 2.23. The summed E-state index contributed by atoms with van der Waals surface area (Å²) in [5.74, 6) is 0.171. The molecule has 0 saturated heterocycles. The van der Waals surface area contributed by atoms with Crippen LogP contribution >= 0.6 is 11.6 Å². The standard InChI is InChI=1S/C12H8ClN3O/c13-8-5-6-9-12(15-16-14-9)11(8)7-3-1-2-4-10(7)17/h1-6,17H,(H,14,15,16). The first-order valence-corrected chi connectivity index (χ1v) is 5.43. The summed E-state index contributed by atoms with van der Waals surface area (Å²) in [6.07, 6.45) is 0. The number of aromatic nitrogens is 3. The van der Waals surface area contributed by atoms with E-state index < -0.39 is 0 Å². The van der Waals surface area contributed by atoms with Crippen LogP contribution in [0.5, 0.6) is 5.75 Å². The van der Waals surface area contributed by atoms with Crippen LogP contribution in [0.4, 0.5) is 0 Å². The lowest BCUT2D eigenvalue weighted by Gasteiger charge is -2.06. The third-order valence-electron chi connectivity index (χ3n) is 2.62. The van der Waals surface area contributed by atoms with Gasteiger partial charge in [-0.05, 0) is 18.2 Å². The molecular weight excluding hydrogens is 238 g/mol. The highest BCUT2D eigenvalue weighted by atomic mass is 35.5. The summed E-state index contributed by atoms with van der Waals surface area (Å²) in [5.41, 5.74) is 2.78. The third-order valence-corrected chi connectivity index (χ3v) is 2.94. The quantitative estimate of drug-likeness (QED) is 0.693. The fourth-order valence-corrected chi connectivity index (χ4v) is 2.09. The van der Waals surface area contributed by atoms with E-state index in [4.69, 9.17) is 11.6 Å². The van der Waals surface area contributed by atoms with E-state index >= 15 is 0 Å². The molecule has 0 aliphatic carbocycles. The predicted molar refractivity (Wildman–Crippen MR) is 66.0 cm³/mol. The second-order valence-corrected chi connectivity index (χ2v) is 4.05. The minimum atomic E-state index is 0.171. The van der Waals surface area contributed by atoms with E-state index in [0.717, 1.165) is 5.52 Å². The van der Waals surface area contributed by atoms with Crippen molar-refractivity contribution in [1.82, 2.24) is 15.4 Å². The number of aromatic hydroxyl groups is 1. The molecule has 4 nitrogen and oxygen atoms in total. The van der Waals surface area contributed by atoms with Crippen molar-refractivity contribution in [2.24, 2.45) is 0 Å². The number of phenols is 1. The molecule has 0 atom stereocenters. The van der Waals surface area contributed by atoms with E-state index in [0.29, 0.717) is 21.7 Å².